The smallest absolute Gasteiger partial charge is 0.275 e. The first-order valence-electron chi connectivity index (χ1n) is 10.5. The highest BCUT2D eigenvalue weighted by Crippen LogP contribution is 2.32. The van der Waals surface area contributed by atoms with Gasteiger partial charge in [0.15, 0.2) is 5.69 Å². The van der Waals surface area contributed by atoms with Crippen molar-refractivity contribution in [3.05, 3.63) is 41.7 Å². The van der Waals surface area contributed by atoms with Gasteiger partial charge in [0, 0.05) is 31.9 Å². The molecule has 0 radical (unpaired) electrons. The van der Waals surface area contributed by atoms with E-state index >= 15 is 0 Å². The van der Waals surface area contributed by atoms with Gasteiger partial charge in [0.2, 0.25) is 0 Å². The number of carbonyl (C=O) groups is 2. The Kier molecular flexibility index (Phi) is 4.53. The highest BCUT2D eigenvalue weighted by atomic mass is 16.5. The quantitative estimate of drug-likeness (QED) is 0.802. The summed E-state index contributed by atoms with van der Waals surface area (Å²) in [7, 11) is 1.74. The van der Waals surface area contributed by atoms with Crippen molar-refractivity contribution in [3.63, 3.8) is 0 Å². The molecule has 2 aromatic rings. The molecule has 3 aliphatic rings. The monoisotopic (exact) mass is 394 g/mol. The molecular formula is C22H26N4O3. The molecule has 2 amide bonds. The first-order chi connectivity index (χ1) is 14.1. The molecule has 0 bridgehead atoms. The molecule has 2 aliphatic heterocycles. The van der Waals surface area contributed by atoms with E-state index in [0.29, 0.717) is 30.3 Å². The van der Waals surface area contributed by atoms with Crippen LogP contribution in [-0.4, -0.2) is 52.7 Å². The zero-order valence-corrected chi connectivity index (χ0v) is 16.7. The highest BCUT2D eigenvalue weighted by molar-refractivity contribution is 6.03. The standard InChI is InChI=1S/C22H26N4O3/c1-24-17-8-4-5-9-19(17)29-14-18(21(24)27)26-11-10-16-13-25(23-20(16)22(26)28)12-15-6-2-3-7-15/h4-5,8-9,13,15,18H,2-3,6-7,10-12,14H2,1H3/t18-/m0/s1. The van der Waals surface area contributed by atoms with Crippen LogP contribution in [0.3, 0.4) is 0 Å². The number of ether oxygens (including phenoxy) is 1. The molecular weight excluding hydrogens is 368 g/mol. The zero-order chi connectivity index (χ0) is 20.0. The number of likely N-dealkylation sites (N-methyl/N-ethyl adjacent to an activating group) is 1. The van der Waals surface area contributed by atoms with Crippen molar-refractivity contribution in [2.24, 2.45) is 5.92 Å². The van der Waals surface area contributed by atoms with Crippen molar-refractivity contribution in [1.82, 2.24) is 14.7 Å². The number of rotatable bonds is 3. The Labute approximate surface area is 170 Å². The number of para-hydroxylation sites is 2. The number of fused-ring (bicyclic) bond motifs is 2. The number of benzene rings is 1. The van der Waals surface area contributed by atoms with Gasteiger partial charge in [0.05, 0.1) is 5.69 Å². The maximum Gasteiger partial charge on any atom is 0.275 e. The van der Waals surface area contributed by atoms with Crippen LogP contribution in [0.15, 0.2) is 30.5 Å². The molecule has 1 atom stereocenters. The van der Waals surface area contributed by atoms with Gasteiger partial charge in [-0.05, 0) is 37.3 Å². The molecule has 7 heteroatoms. The van der Waals surface area contributed by atoms with E-state index in [0.717, 1.165) is 17.8 Å². The normalized spacial score (nSPS) is 22.3. The molecule has 5 rings (SSSR count). The third-order valence-electron chi connectivity index (χ3n) is 6.46. The molecule has 152 valence electrons. The van der Waals surface area contributed by atoms with Gasteiger partial charge in [0.25, 0.3) is 11.8 Å². The summed E-state index contributed by atoms with van der Waals surface area (Å²) in [4.78, 5) is 29.6. The topological polar surface area (TPSA) is 67.7 Å². The second-order valence-corrected chi connectivity index (χ2v) is 8.32. The highest BCUT2D eigenvalue weighted by Gasteiger charge is 2.39. The van der Waals surface area contributed by atoms with Crippen molar-refractivity contribution in [2.45, 2.75) is 44.7 Å². The van der Waals surface area contributed by atoms with Gasteiger partial charge < -0.3 is 14.5 Å². The Hall–Kier alpha value is -2.83. The van der Waals surface area contributed by atoms with Crippen molar-refractivity contribution in [1.29, 1.82) is 0 Å². The number of aromatic nitrogens is 2. The van der Waals surface area contributed by atoms with E-state index < -0.39 is 6.04 Å². The number of hydrogen-bond donors (Lipinski definition) is 0. The molecule has 0 spiro atoms. The van der Waals surface area contributed by atoms with E-state index in [1.807, 2.05) is 35.1 Å². The fourth-order valence-electron chi connectivity index (χ4n) is 4.81. The van der Waals surface area contributed by atoms with Gasteiger partial charge in [0.1, 0.15) is 18.4 Å². The number of nitrogens with zero attached hydrogens (tertiary/aromatic N) is 4. The summed E-state index contributed by atoms with van der Waals surface area (Å²) in [6, 6.07) is 6.82. The van der Waals surface area contributed by atoms with E-state index in [4.69, 9.17) is 4.74 Å². The van der Waals surface area contributed by atoms with Gasteiger partial charge in [-0.25, -0.2) is 0 Å². The molecule has 1 aliphatic carbocycles. The lowest BCUT2D eigenvalue weighted by atomic mass is 10.0. The van der Waals surface area contributed by atoms with E-state index in [1.165, 1.54) is 25.7 Å². The van der Waals surface area contributed by atoms with E-state index in [9.17, 15) is 9.59 Å². The molecule has 0 saturated heterocycles. The average molecular weight is 394 g/mol. The van der Waals surface area contributed by atoms with Crippen LogP contribution in [0.1, 0.15) is 41.7 Å². The van der Waals surface area contributed by atoms with Crippen molar-refractivity contribution < 1.29 is 14.3 Å². The molecule has 0 N–H and O–H groups in total. The number of carbonyl (C=O) groups excluding carboxylic acids is 2. The van der Waals surface area contributed by atoms with Crippen LogP contribution in [0.5, 0.6) is 5.75 Å². The Morgan fingerprint density at radius 3 is 2.79 bits per heavy atom. The van der Waals surface area contributed by atoms with E-state index in [-0.39, 0.29) is 18.4 Å². The maximum absolute atomic E-state index is 13.2. The molecule has 1 aromatic heterocycles. The minimum absolute atomic E-state index is 0.128. The van der Waals surface area contributed by atoms with Crippen LogP contribution >= 0.6 is 0 Å². The first kappa shape index (κ1) is 18.2. The minimum atomic E-state index is -0.645. The van der Waals surface area contributed by atoms with Crippen LogP contribution in [0, 0.1) is 5.92 Å². The van der Waals surface area contributed by atoms with Crippen LogP contribution in [0.25, 0.3) is 0 Å². The number of anilines is 1. The molecule has 7 nitrogen and oxygen atoms in total. The SMILES string of the molecule is CN1C(=O)[C@@H](N2CCc3cn(CC4CCCC4)nc3C2=O)COc2ccccc21. The summed E-state index contributed by atoms with van der Waals surface area (Å²) in [6.45, 7) is 1.54. The lowest BCUT2D eigenvalue weighted by Crippen LogP contribution is -2.54. The fraction of sp³-hybridized carbons (Fsp3) is 0.500. The van der Waals surface area contributed by atoms with Gasteiger partial charge in [-0.1, -0.05) is 25.0 Å². The largest absolute Gasteiger partial charge is 0.489 e. The third kappa shape index (κ3) is 3.18. The summed E-state index contributed by atoms with van der Waals surface area (Å²) in [5.74, 6) is 1.03. The number of hydrogen-bond acceptors (Lipinski definition) is 4. The summed E-state index contributed by atoms with van der Waals surface area (Å²) in [5.41, 5.74) is 2.21. The lowest BCUT2D eigenvalue weighted by molar-refractivity contribution is -0.123. The summed E-state index contributed by atoms with van der Waals surface area (Å²) < 4.78 is 7.84. The molecule has 3 heterocycles. The van der Waals surface area contributed by atoms with E-state index in [1.54, 1.807) is 16.8 Å². The van der Waals surface area contributed by atoms with Gasteiger partial charge >= 0.3 is 0 Å². The van der Waals surface area contributed by atoms with Crippen LogP contribution in [0.2, 0.25) is 0 Å². The Bertz CT molecular complexity index is 947. The summed E-state index contributed by atoms with van der Waals surface area (Å²) in [5, 5.41) is 4.61. The summed E-state index contributed by atoms with van der Waals surface area (Å²) >= 11 is 0. The Balaban J connectivity index is 1.37. The maximum atomic E-state index is 13.2. The van der Waals surface area contributed by atoms with Crippen LogP contribution in [0.4, 0.5) is 5.69 Å². The second kappa shape index (κ2) is 7.21. The second-order valence-electron chi connectivity index (χ2n) is 8.32. The average Bonchev–Trinajstić information content (AvgIpc) is 3.37. The lowest BCUT2D eigenvalue weighted by Gasteiger charge is -2.33. The molecule has 1 saturated carbocycles. The zero-order valence-electron chi connectivity index (χ0n) is 16.7. The van der Waals surface area contributed by atoms with Gasteiger partial charge in [-0.2, -0.15) is 5.10 Å². The molecule has 0 unspecified atom stereocenters. The van der Waals surface area contributed by atoms with Crippen molar-refractivity contribution >= 4 is 17.5 Å². The summed E-state index contributed by atoms with van der Waals surface area (Å²) in [6.07, 6.45) is 7.80. The minimum Gasteiger partial charge on any atom is -0.489 e. The Morgan fingerprint density at radius 1 is 1.17 bits per heavy atom. The first-order valence-corrected chi connectivity index (χ1v) is 10.5. The van der Waals surface area contributed by atoms with Gasteiger partial charge in [-0.3, -0.25) is 14.3 Å². The molecule has 29 heavy (non-hydrogen) atoms. The van der Waals surface area contributed by atoms with Crippen molar-refractivity contribution in [2.75, 3.05) is 25.1 Å². The van der Waals surface area contributed by atoms with Crippen molar-refractivity contribution in [3.8, 4) is 5.75 Å². The third-order valence-corrected chi connectivity index (χ3v) is 6.46. The predicted octanol–water partition coefficient (Wildman–Crippen LogP) is 2.50. The fourth-order valence-corrected chi connectivity index (χ4v) is 4.81. The molecule has 1 fully saturated rings. The number of amides is 2. The van der Waals surface area contributed by atoms with Crippen LogP contribution < -0.4 is 9.64 Å². The molecule has 1 aromatic carbocycles. The van der Waals surface area contributed by atoms with Gasteiger partial charge in [-0.15, -0.1) is 0 Å². The van der Waals surface area contributed by atoms with Crippen LogP contribution in [-0.2, 0) is 17.8 Å². The van der Waals surface area contributed by atoms with E-state index in [2.05, 4.69) is 5.10 Å². The predicted molar refractivity (Wildman–Crippen MR) is 108 cm³/mol. The Morgan fingerprint density at radius 2 is 1.97 bits per heavy atom.